The SMILES string of the molecule is COc1ccc(C(=O)N(C)C2CCCN(c3ccccc3)C2)cc1-n1cnnn1. The molecular weight excluding hydrogens is 368 g/mol. The molecule has 29 heavy (non-hydrogen) atoms. The zero-order valence-corrected chi connectivity index (χ0v) is 16.6. The quantitative estimate of drug-likeness (QED) is 0.664. The lowest BCUT2D eigenvalue weighted by atomic mass is 10.0. The first-order valence-corrected chi connectivity index (χ1v) is 9.66. The number of nitrogens with zero attached hydrogens (tertiary/aromatic N) is 6. The zero-order valence-electron chi connectivity index (χ0n) is 16.6. The van der Waals surface area contributed by atoms with Crippen LogP contribution in [0.1, 0.15) is 23.2 Å². The third-order valence-corrected chi connectivity index (χ3v) is 5.41. The van der Waals surface area contributed by atoms with Crippen LogP contribution >= 0.6 is 0 Å². The number of benzene rings is 2. The molecule has 1 aromatic heterocycles. The average molecular weight is 392 g/mol. The second-order valence-corrected chi connectivity index (χ2v) is 7.13. The molecular formula is C21H24N6O2. The monoisotopic (exact) mass is 392 g/mol. The van der Waals surface area contributed by atoms with E-state index in [0.717, 1.165) is 25.9 Å². The Bertz CT molecular complexity index is 961. The van der Waals surface area contributed by atoms with Gasteiger partial charge in [0.1, 0.15) is 17.8 Å². The molecule has 1 saturated heterocycles. The van der Waals surface area contributed by atoms with Gasteiger partial charge in [0.05, 0.1) is 7.11 Å². The number of ether oxygens (including phenoxy) is 1. The lowest BCUT2D eigenvalue weighted by molar-refractivity contribution is 0.0717. The van der Waals surface area contributed by atoms with Gasteiger partial charge in [0.2, 0.25) is 0 Å². The molecule has 0 spiro atoms. The Hall–Kier alpha value is -3.42. The van der Waals surface area contributed by atoms with Crippen LogP contribution < -0.4 is 9.64 Å². The molecule has 3 aromatic rings. The maximum Gasteiger partial charge on any atom is 0.253 e. The topological polar surface area (TPSA) is 76.4 Å². The van der Waals surface area contributed by atoms with E-state index in [1.54, 1.807) is 25.3 Å². The number of anilines is 1. The number of carbonyl (C=O) groups excluding carboxylic acids is 1. The largest absolute Gasteiger partial charge is 0.494 e. The smallest absolute Gasteiger partial charge is 0.253 e. The first-order valence-electron chi connectivity index (χ1n) is 9.66. The van der Waals surface area contributed by atoms with Crippen LogP contribution in [0, 0.1) is 0 Å². The van der Waals surface area contributed by atoms with Gasteiger partial charge in [-0.25, -0.2) is 0 Å². The third kappa shape index (κ3) is 3.91. The van der Waals surface area contributed by atoms with E-state index in [2.05, 4.69) is 32.6 Å². The molecule has 1 aliphatic rings. The van der Waals surface area contributed by atoms with Crippen LogP contribution in [0.25, 0.3) is 5.69 Å². The molecule has 0 bridgehead atoms. The van der Waals surface area contributed by atoms with Crippen molar-refractivity contribution in [1.29, 1.82) is 0 Å². The molecule has 1 atom stereocenters. The molecule has 150 valence electrons. The summed E-state index contributed by atoms with van der Waals surface area (Å²) in [5.74, 6) is 0.575. The number of piperidine rings is 1. The maximum absolute atomic E-state index is 13.2. The predicted molar refractivity (Wildman–Crippen MR) is 109 cm³/mol. The summed E-state index contributed by atoms with van der Waals surface area (Å²) in [5, 5.41) is 11.3. The van der Waals surface area contributed by atoms with Crippen LogP contribution in [0.15, 0.2) is 54.9 Å². The fraction of sp³-hybridized carbons (Fsp3) is 0.333. The van der Waals surface area contributed by atoms with Gasteiger partial charge in [-0.3, -0.25) is 4.79 Å². The minimum atomic E-state index is -0.0260. The fourth-order valence-electron chi connectivity index (χ4n) is 3.79. The van der Waals surface area contributed by atoms with Crippen molar-refractivity contribution < 1.29 is 9.53 Å². The molecule has 8 nitrogen and oxygen atoms in total. The summed E-state index contributed by atoms with van der Waals surface area (Å²) in [6, 6.07) is 15.8. The number of rotatable bonds is 5. The van der Waals surface area contributed by atoms with Gasteiger partial charge in [0.15, 0.2) is 0 Å². The second kappa shape index (κ2) is 8.30. The predicted octanol–water partition coefficient (Wildman–Crippen LogP) is 2.41. The average Bonchev–Trinajstić information content (AvgIpc) is 3.33. The summed E-state index contributed by atoms with van der Waals surface area (Å²) < 4.78 is 6.89. The summed E-state index contributed by atoms with van der Waals surface area (Å²) in [6.07, 6.45) is 3.52. The van der Waals surface area contributed by atoms with Gasteiger partial charge >= 0.3 is 0 Å². The number of likely N-dealkylation sites (N-methyl/N-ethyl adjacent to an activating group) is 1. The van der Waals surface area contributed by atoms with Crippen molar-refractivity contribution in [3.8, 4) is 11.4 Å². The van der Waals surface area contributed by atoms with Crippen molar-refractivity contribution in [1.82, 2.24) is 25.1 Å². The summed E-state index contributed by atoms with van der Waals surface area (Å²) in [4.78, 5) is 17.4. The molecule has 1 aliphatic heterocycles. The number of hydrogen-bond donors (Lipinski definition) is 0. The second-order valence-electron chi connectivity index (χ2n) is 7.13. The Morgan fingerprint density at radius 2 is 2.03 bits per heavy atom. The first-order chi connectivity index (χ1) is 14.2. The Kier molecular flexibility index (Phi) is 5.41. The number of hydrogen-bond acceptors (Lipinski definition) is 6. The van der Waals surface area contributed by atoms with Crippen LogP contribution in [-0.2, 0) is 0 Å². The normalized spacial score (nSPS) is 16.5. The van der Waals surface area contributed by atoms with E-state index in [0.29, 0.717) is 17.0 Å². The van der Waals surface area contributed by atoms with Crippen molar-refractivity contribution in [2.24, 2.45) is 0 Å². The van der Waals surface area contributed by atoms with Crippen LogP contribution in [-0.4, -0.2) is 64.3 Å². The highest BCUT2D eigenvalue weighted by Gasteiger charge is 2.27. The molecule has 4 rings (SSSR count). The third-order valence-electron chi connectivity index (χ3n) is 5.41. The molecule has 0 saturated carbocycles. The molecule has 1 unspecified atom stereocenters. The number of aromatic nitrogens is 4. The summed E-state index contributed by atoms with van der Waals surface area (Å²) >= 11 is 0. The number of tetrazole rings is 1. The van der Waals surface area contributed by atoms with E-state index in [4.69, 9.17) is 4.74 Å². The van der Waals surface area contributed by atoms with Crippen LogP contribution in [0.5, 0.6) is 5.75 Å². The molecule has 1 amide bonds. The van der Waals surface area contributed by atoms with Gasteiger partial charge < -0.3 is 14.5 Å². The lowest BCUT2D eigenvalue weighted by Crippen LogP contribution is -2.48. The Balaban J connectivity index is 1.54. The molecule has 1 fully saturated rings. The minimum Gasteiger partial charge on any atom is -0.494 e. The van der Waals surface area contributed by atoms with Gasteiger partial charge in [0.25, 0.3) is 5.91 Å². The number of carbonyl (C=O) groups is 1. The van der Waals surface area contributed by atoms with Crippen molar-refractivity contribution in [3.63, 3.8) is 0 Å². The van der Waals surface area contributed by atoms with Crippen molar-refractivity contribution in [2.45, 2.75) is 18.9 Å². The van der Waals surface area contributed by atoms with Gasteiger partial charge in [-0.05, 0) is 53.6 Å². The van der Waals surface area contributed by atoms with Gasteiger partial charge in [0, 0.05) is 37.4 Å². The highest BCUT2D eigenvalue weighted by atomic mass is 16.5. The Labute approximate surface area is 169 Å². The molecule has 0 radical (unpaired) electrons. The number of amides is 1. The van der Waals surface area contributed by atoms with E-state index in [-0.39, 0.29) is 11.9 Å². The molecule has 8 heteroatoms. The van der Waals surface area contributed by atoms with Gasteiger partial charge in [-0.1, -0.05) is 18.2 Å². The van der Waals surface area contributed by atoms with Crippen LogP contribution in [0.4, 0.5) is 5.69 Å². The minimum absolute atomic E-state index is 0.0260. The van der Waals surface area contributed by atoms with Gasteiger partial charge in [-0.15, -0.1) is 5.10 Å². The van der Waals surface area contributed by atoms with E-state index in [1.807, 2.05) is 30.1 Å². The Morgan fingerprint density at radius 3 is 2.76 bits per heavy atom. The lowest BCUT2D eigenvalue weighted by Gasteiger charge is -2.39. The highest BCUT2D eigenvalue weighted by molar-refractivity contribution is 5.95. The maximum atomic E-state index is 13.2. The van der Waals surface area contributed by atoms with Crippen LogP contribution in [0.3, 0.4) is 0 Å². The number of methoxy groups -OCH3 is 1. The van der Waals surface area contributed by atoms with Crippen molar-refractivity contribution >= 4 is 11.6 Å². The summed E-state index contributed by atoms with van der Waals surface area (Å²) in [7, 11) is 3.46. The van der Waals surface area contributed by atoms with Crippen molar-refractivity contribution in [3.05, 3.63) is 60.4 Å². The number of para-hydroxylation sites is 1. The van der Waals surface area contributed by atoms with Crippen molar-refractivity contribution in [2.75, 3.05) is 32.1 Å². The molecule has 2 aromatic carbocycles. The first kappa shape index (κ1) is 18.9. The molecule has 0 N–H and O–H groups in total. The highest BCUT2D eigenvalue weighted by Crippen LogP contribution is 2.26. The van der Waals surface area contributed by atoms with Crippen LogP contribution in [0.2, 0.25) is 0 Å². The fourth-order valence-corrected chi connectivity index (χ4v) is 3.79. The van der Waals surface area contributed by atoms with Gasteiger partial charge in [-0.2, -0.15) is 4.68 Å². The summed E-state index contributed by atoms with van der Waals surface area (Å²) in [5.41, 5.74) is 2.41. The summed E-state index contributed by atoms with van der Waals surface area (Å²) in [6.45, 7) is 1.83. The Morgan fingerprint density at radius 1 is 1.21 bits per heavy atom. The molecule has 0 aliphatic carbocycles. The zero-order chi connectivity index (χ0) is 20.2. The van der Waals surface area contributed by atoms with E-state index >= 15 is 0 Å². The van der Waals surface area contributed by atoms with E-state index in [1.165, 1.54) is 16.7 Å². The van der Waals surface area contributed by atoms with E-state index in [9.17, 15) is 4.79 Å². The standard InChI is InChI=1S/C21H24N6O2/c1-25(18-9-6-12-26(14-18)17-7-4-3-5-8-17)21(28)16-10-11-20(29-2)19(13-16)27-15-22-23-24-27/h3-5,7-8,10-11,13,15,18H,6,9,12,14H2,1-2H3. The van der Waals surface area contributed by atoms with E-state index < -0.39 is 0 Å². The molecule has 2 heterocycles.